The molecule has 1 aromatic rings. The maximum Gasteiger partial charge on any atom is 0.0629 e. The van der Waals surface area contributed by atoms with Crippen LogP contribution in [0.15, 0.2) is 18.1 Å². The second-order valence-electron chi connectivity index (χ2n) is 5.12. The molecule has 0 amide bonds. The van der Waals surface area contributed by atoms with Gasteiger partial charge < -0.3 is 0 Å². The van der Waals surface area contributed by atoms with Gasteiger partial charge in [0.25, 0.3) is 0 Å². The molecule has 0 saturated heterocycles. The molecule has 0 fully saturated rings. The van der Waals surface area contributed by atoms with Crippen LogP contribution in [0.25, 0.3) is 0 Å². The van der Waals surface area contributed by atoms with E-state index in [2.05, 4.69) is 0 Å². The third-order valence-corrected chi connectivity index (χ3v) is 2.25. The lowest BCUT2D eigenvalue weighted by molar-refractivity contribution is 0.573. The monoisotopic (exact) mass is 213 g/mol. The third-order valence-electron chi connectivity index (χ3n) is 2.25. The van der Waals surface area contributed by atoms with Crippen LogP contribution in [0, 0.1) is 6.92 Å². The summed E-state index contributed by atoms with van der Waals surface area (Å²) in [5, 5.41) is 0. The summed E-state index contributed by atoms with van der Waals surface area (Å²) < 4.78 is 71.3. The van der Waals surface area contributed by atoms with Gasteiger partial charge >= 0.3 is 0 Å². The number of rotatable bonds is 0. The molecule has 0 bridgehead atoms. The molecular formula is C15H24. The van der Waals surface area contributed by atoms with Crippen LogP contribution in [0.1, 0.15) is 70.4 Å². The van der Waals surface area contributed by atoms with Gasteiger partial charge in [0.2, 0.25) is 0 Å². The minimum Gasteiger partial charge on any atom is -0.0582 e. The summed E-state index contributed by atoms with van der Waals surface area (Å²) in [6.45, 7) is 2.20. The summed E-state index contributed by atoms with van der Waals surface area (Å²) in [6.07, 6.45) is 0. The van der Waals surface area contributed by atoms with Crippen molar-refractivity contribution in [2.75, 3.05) is 0 Å². The van der Waals surface area contributed by atoms with E-state index in [4.69, 9.17) is 12.3 Å². The van der Waals surface area contributed by atoms with Crippen molar-refractivity contribution in [1.82, 2.24) is 0 Å². The molecule has 0 heterocycles. The van der Waals surface area contributed by atoms with Gasteiger partial charge in [-0.1, -0.05) is 59.5 Å². The summed E-state index contributed by atoms with van der Waals surface area (Å²) in [5.41, 5.74) is -2.52. The molecule has 15 heavy (non-hydrogen) atoms. The highest BCUT2D eigenvalue weighted by molar-refractivity contribution is 5.37. The first-order valence-electron chi connectivity index (χ1n) is 9.50. The lowest BCUT2D eigenvalue weighted by Crippen LogP contribution is -2.16. The zero-order chi connectivity index (χ0) is 19.5. The second-order valence-corrected chi connectivity index (χ2v) is 5.12. The number of hydrogen-bond acceptors (Lipinski definition) is 0. The Labute approximate surface area is 107 Å². The quantitative estimate of drug-likeness (QED) is 0.591. The van der Waals surface area contributed by atoms with E-state index < -0.39 is 36.1 Å². The fraction of sp³-hybridized carbons (Fsp3) is 0.600. The smallest absolute Gasteiger partial charge is 0.0582 e. The molecule has 1 aromatic carbocycles. The van der Waals surface area contributed by atoms with Crippen LogP contribution < -0.4 is 0 Å². The SMILES string of the molecule is [2H]c1c([2H])c(C(C)(C([2H])([2H])[2H])C([2H])([2H])[2H])c([2H])c(C)c1C(C)(C)C. The summed E-state index contributed by atoms with van der Waals surface area (Å²) >= 11 is 0. The Kier molecular flexibility index (Phi) is 1.13. The molecule has 0 heteroatoms. The summed E-state index contributed by atoms with van der Waals surface area (Å²) in [7, 11) is 0. The van der Waals surface area contributed by atoms with E-state index in [1.165, 1.54) is 0 Å². The highest BCUT2D eigenvalue weighted by Crippen LogP contribution is 2.30. The molecule has 0 aliphatic rings. The van der Waals surface area contributed by atoms with Crippen molar-refractivity contribution < 1.29 is 12.3 Å². The van der Waals surface area contributed by atoms with E-state index in [0.717, 1.165) is 6.92 Å². The second kappa shape index (κ2) is 3.66. The topological polar surface area (TPSA) is 0 Å². The third kappa shape index (κ3) is 2.84. The van der Waals surface area contributed by atoms with E-state index >= 15 is 0 Å². The van der Waals surface area contributed by atoms with Gasteiger partial charge in [0.05, 0.1) is 4.11 Å². The molecule has 0 saturated carbocycles. The first-order chi connectivity index (χ1) is 10.4. The Morgan fingerprint density at radius 1 is 1.07 bits per heavy atom. The standard InChI is InChI=1S/C15H24/c1-11-10-12(14(2,3)4)8-9-13(11)15(5,6)7/h8-10H,1-7H3/i2D3,3D3,8D,9D,10D. The highest BCUT2D eigenvalue weighted by Gasteiger charge is 2.19. The van der Waals surface area contributed by atoms with Crippen molar-refractivity contribution in [2.45, 2.75) is 59.2 Å². The molecule has 0 spiro atoms. The van der Waals surface area contributed by atoms with Crippen molar-refractivity contribution >= 4 is 0 Å². The zero-order valence-corrected chi connectivity index (χ0v) is 10.0. The maximum absolute atomic E-state index is 8.37. The van der Waals surface area contributed by atoms with Gasteiger partial charge in [0.1, 0.15) is 0 Å². The minimum atomic E-state index is -2.95. The lowest BCUT2D eigenvalue weighted by Gasteiger charge is -2.25. The van der Waals surface area contributed by atoms with Gasteiger partial charge in [-0.3, -0.25) is 0 Å². The van der Waals surface area contributed by atoms with Crippen molar-refractivity contribution in [1.29, 1.82) is 0 Å². The van der Waals surface area contributed by atoms with Gasteiger partial charge in [0, 0.05) is 8.22 Å². The van der Waals surface area contributed by atoms with Crippen LogP contribution >= 0.6 is 0 Å². The zero-order valence-electron chi connectivity index (χ0n) is 19.0. The first kappa shape index (κ1) is 4.61. The van der Waals surface area contributed by atoms with Gasteiger partial charge in [0.15, 0.2) is 0 Å². The van der Waals surface area contributed by atoms with Crippen LogP contribution in [-0.2, 0) is 10.8 Å². The fourth-order valence-electron chi connectivity index (χ4n) is 1.50. The Bertz CT molecular complexity index is 602. The lowest BCUT2D eigenvalue weighted by atomic mass is 9.80. The van der Waals surface area contributed by atoms with Crippen molar-refractivity contribution in [2.24, 2.45) is 0 Å². The molecule has 1 rings (SSSR count). The van der Waals surface area contributed by atoms with Crippen LogP contribution in [0.4, 0.5) is 0 Å². The van der Waals surface area contributed by atoms with Crippen molar-refractivity contribution in [3.63, 3.8) is 0 Å². The average Bonchev–Trinajstić information content (AvgIpc) is 2.32. The molecule has 0 aromatic heterocycles. The Balaban J connectivity index is 4.05. The van der Waals surface area contributed by atoms with E-state index in [1.807, 2.05) is 20.8 Å². The molecule has 0 aliphatic heterocycles. The minimum absolute atomic E-state index is 0.217. The first-order valence-corrected chi connectivity index (χ1v) is 5.00. The molecule has 0 aliphatic carbocycles. The molecule has 0 radical (unpaired) electrons. The van der Waals surface area contributed by atoms with E-state index in [1.54, 1.807) is 6.92 Å². The molecule has 0 atom stereocenters. The van der Waals surface area contributed by atoms with Gasteiger partial charge in [-0.25, -0.2) is 0 Å². The number of benzene rings is 1. The van der Waals surface area contributed by atoms with Gasteiger partial charge in [-0.15, -0.1) is 0 Å². The van der Waals surface area contributed by atoms with Crippen LogP contribution in [0.2, 0.25) is 0 Å². The van der Waals surface area contributed by atoms with Gasteiger partial charge in [-0.05, 0) is 34.4 Å². The Morgan fingerprint density at radius 3 is 2.13 bits per heavy atom. The fourth-order valence-corrected chi connectivity index (χ4v) is 1.50. The highest BCUT2D eigenvalue weighted by atomic mass is 14.2. The summed E-state index contributed by atoms with van der Waals surface area (Å²) in [6, 6.07) is -0.994. The molecule has 0 unspecified atom stereocenters. The molecular weight excluding hydrogens is 180 g/mol. The molecule has 0 N–H and O–H groups in total. The Hall–Kier alpha value is -0.780. The van der Waals surface area contributed by atoms with Crippen LogP contribution in [-0.4, -0.2) is 0 Å². The maximum atomic E-state index is 8.37. The van der Waals surface area contributed by atoms with Crippen LogP contribution in [0.5, 0.6) is 0 Å². The molecule has 84 valence electrons. The summed E-state index contributed by atoms with van der Waals surface area (Å²) in [4.78, 5) is 0. The predicted octanol–water partition coefficient (Wildman–Crippen LogP) is 4.59. The molecule has 0 nitrogen and oxygen atoms in total. The normalized spacial score (nSPS) is 23.4. The van der Waals surface area contributed by atoms with Crippen molar-refractivity contribution in [3.05, 3.63) is 34.8 Å². The van der Waals surface area contributed by atoms with E-state index in [-0.39, 0.29) is 12.1 Å². The van der Waals surface area contributed by atoms with E-state index in [9.17, 15) is 0 Å². The summed E-state index contributed by atoms with van der Waals surface area (Å²) in [5.74, 6) is 0. The number of hydrogen-bond donors (Lipinski definition) is 0. The predicted molar refractivity (Wildman–Crippen MR) is 68.6 cm³/mol. The van der Waals surface area contributed by atoms with Crippen LogP contribution in [0.3, 0.4) is 0 Å². The van der Waals surface area contributed by atoms with Gasteiger partial charge in [-0.2, -0.15) is 0 Å². The van der Waals surface area contributed by atoms with Crippen molar-refractivity contribution in [3.8, 4) is 0 Å². The Morgan fingerprint density at radius 2 is 1.67 bits per heavy atom. The van der Waals surface area contributed by atoms with E-state index in [0.29, 0.717) is 11.1 Å². The largest absolute Gasteiger partial charge is 0.0629 e. The average molecular weight is 213 g/mol.